The summed E-state index contributed by atoms with van der Waals surface area (Å²) in [5, 5.41) is 35.1. The zero-order valence-electron chi connectivity index (χ0n) is 15.7. The van der Waals surface area contributed by atoms with Gasteiger partial charge in [0.15, 0.2) is 0 Å². The number of hydrogen-bond acceptors (Lipinski definition) is 8. The molecule has 0 aliphatic heterocycles. The number of benzene rings is 1. The highest BCUT2D eigenvalue weighted by Gasteiger charge is 2.41. The number of thioether (sulfide) groups is 1. The van der Waals surface area contributed by atoms with Gasteiger partial charge in [0.25, 0.3) is 0 Å². The Morgan fingerprint density at radius 2 is 2.00 bits per heavy atom. The number of nitrogens with one attached hydrogen (secondary N) is 1. The average Bonchev–Trinajstić information content (AvgIpc) is 3.23. The fraction of sp³-hybridized carbons (Fsp3) is 0.400. The van der Waals surface area contributed by atoms with Gasteiger partial charge in [-0.2, -0.15) is 0 Å². The molecule has 8 heteroatoms. The Bertz CT molecular complexity index is 961. The van der Waals surface area contributed by atoms with Gasteiger partial charge < -0.3 is 20.6 Å². The van der Waals surface area contributed by atoms with Gasteiger partial charge >= 0.3 is 0 Å². The molecule has 0 bridgehead atoms. The highest BCUT2D eigenvalue weighted by molar-refractivity contribution is 7.98. The van der Waals surface area contributed by atoms with E-state index in [1.165, 1.54) is 0 Å². The summed E-state index contributed by atoms with van der Waals surface area (Å²) in [5.74, 6) is 0.307. The third-order valence-corrected chi connectivity index (χ3v) is 6.95. The van der Waals surface area contributed by atoms with E-state index in [1.807, 2.05) is 43.5 Å². The van der Waals surface area contributed by atoms with Gasteiger partial charge in [0.1, 0.15) is 16.9 Å². The van der Waals surface area contributed by atoms with Crippen LogP contribution in [0.2, 0.25) is 0 Å². The lowest BCUT2D eigenvalue weighted by atomic mass is 10.1. The lowest BCUT2D eigenvalue weighted by Crippen LogP contribution is -2.35. The molecule has 0 saturated heterocycles. The van der Waals surface area contributed by atoms with Crippen molar-refractivity contribution in [3.8, 4) is 10.6 Å². The summed E-state index contributed by atoms with van der Waals surface area (Å²) in [7, 11) is 0. The third kappa shape index (κ3) is 3.51. The number of para-hydroxylation sites is 1. The van der Waals surface area contributed by atoms with Crippen LogP contribution in [0.25, 0.3) is 20.8 Å². The summed E-state index contributed by atoms with van der Waals surface area (Å²) in [5.41, 5.74) is 2.90. The number of fused-ring (bicyclic) bond motifs is 1. The molecule has 0 spiro atoms. The predicted octanol–water partition coefficient (Wildman–Crippen LogP) is 2.90. The fourth-order valence-corrected chi connectivity index (χ4v) is 5.28. The van der Waals surface area contributed by atoms with Crippen LogP contribution in [0.3, 0.4) is 0 Å². The van der Waals surface area contributed by atoms with Crippen molar-refractivity contribution in [2.45, 2.75) is 36.6 Å². The van der Waals surface area contributed by atoms with Crippen LogP contribution in [0.15, 0.2) is 35.4 Å². The van der Waals surface area contributed by atoms with Crippen LogP contribution < -0.4 is 5.32 Å². The molecule has 1 aliphatic rings. The van der Waals surface area contributed by atoms with Gasteiger partial charge in [-0.3, -0.25) is 0 Å². The summed E-state index contributed by atoms with van der Waals surface area (Å²) in [6.45, 7) is 1.88. The van der Waals surface area contributed by atoms with Crippen molar-refractivity contribution in [1.82, 2.24) is 9.97 Å². The van der Waals surface area contributed by atoms with Crippen LogP contribution in [0, 0.1) is 12.8 Å². The first-order chi connectivity index (χ1) is 13.5. The van der Waals surface area contributed by atoms with Crippen LogP contribution in [0.5, 0.6) is 0 Å². The summed E-state index contributed by atoms with van der Waals surface area (Å²) < 4.78 is 1.11. The Morgan fingerprint density at radius 1 is 1.21 bits per heavy atom. The molecule has 1 aromatic carbocycles. The van der Waals surface area contributed by atoms with E-state index in [9.17, 15) is 15.3 Å². The van der Waals surface area contributed by atoms with E-state index in [4.69, 9.17) is 9.97 Å². The van der Waals surface area contributed by atoms with Gasteiger partial charge in [0.2, 0.25) is 0 Å². The number of nitrogens with zero attached hydrogens (tertiary/aromatic N) is 2. The molecule has 4 atom stereocenters. The molecule has 4 rings (SSSR count). The number of aliphatic hydroxyl groups excluding tert-OH is 3. The molecule has 0 radical (unpaired) electrons. The van der Waals surface area contributed by atoms with Crippen LogP contribution in [0.4, 0.5) is 5.82 Å². The molecule has 1 fully saturated rings. The largest absolute Gasteiger partial charge is 0.396 e. The number of anilines is 1. The quantitative estimate of drug-likeness (QED) is 0.474. The molecular formula is C20H23N3O3S2. The molecule has 3 aromatic rings. The van der Waals surface area contributed by atoms with E-state index >= 15 is 0 Å². The molecule has 2 heterocycles. The Morgan fingerprint density at radius 3 is 2.68 bits per heavy atom. The van der Waals surface area contributed by atoms with Crippen molar-refractivity contribution >= 4 is 39.1 Å². The topological polar surface area (TPSA) is 98.5 Å². The van der Waals surface area contributed by atoms with E-state index in [2.05, 4.69) is 5.32 Å². The molecule has 1 saturated carbocycles. The Kier molecular flexibility index (Phi) is 5.57. The maximum Gasteiger partial charge on any atom is 0.138 e. The van der Waals surface area contributed by atoms with E-state index in [0.29, 0.717) is 12.2 Å². The normalized spacial score (nSPS) is 24.8. The fourth-order valence-electron chi connectivity index (χ4n) is 3.72. The second-order valence-corrected chi connectivity index (χ2v) is 8.96. The zero-order chi connectivity index (χ0) is 19.8. The number of pyridine rings is 1. The lowest BCUT2D eigenvalue weighted by molar-refractivity contribution is 0.00445. The molecule has 0 unspecified atom stereocenters. The minimum atomic E-state index is -0.958. The Labute approximate surface area is 171 Å². The minimum absolute atomic E-state index is 0.154. The third-order valence-electron chi connectivity index (χ3n) is 5.27. The van der Waals surface area contributed by atoms with Gasteiger partial charge in [-0.1, -0.05) is 12.1 Å². The molecule has 6 nitrogen and oxygen atoms in total. The highest BCUT2D eigenvalue weighted by atomic mass is 32.2. The molecule has 148 valence electrons. The molecule has 28 heavy (non-hydrogen) atoms. The number of aromatic nitrogens is 2. The van der Waals surface area contributed by atoms with Crippen LogP contribution in [-0.4, -0.2) is 56.4 Å². The smallest absolute Gasteiger partial charge is 0.138 e. The SMILES string of the molecule is CSc1cc(C)c(-c2nc3ccccc3s2)c(N[C@@H]2C[C@H](CO)[C@@H](O)[C@H]2O)n1. The van der Waals surface area contributed by atoms with E-state index in [1.54, 1.807) is 23.1 Å². The second kappa shape index (κ2) is 7.96. The standard InChI is InChI=1S/C20H23N3O3S2/c1-10-7-15(27-2)23-19(21-13-8-11(9-24)17(25)18(13)26)16(10)20-22-12-5-3-4-6-14(12)28-20/h3-7,11,13,17-18,24-26H,8-9H2,1-2H3,(H,21,23)/t11-,13-,17-,18+/m1/s1. The summed E-state index contributed by atoms with van der Waals surface area (Å²) in [4.78, 5) is 9.52. The van der Waals surface area contributed by atoms with Gasteiger partial charge in [0, 0.05) is 12.5 Å². The van der Waals surface area contributed by atoms with Crippen molar-refractivity contribution in [2.75, 3.05) is 18.2 Å². The van der Waals surface area contributed by atoms with E-state index in [-0.39, 0.29) is 18.6 Å². The van der Waals surface area contributed by atoms with Crippen LogP contribution >= 0.6 is 23.1 Å². The monoisotopic (exact) mass is 417 g/mol. The Hall–Kier alpha value is -1.71. The lowest BCUT2D eigenvalue weighted by Gasteiger charge is -2.21. The van der Waals surface area contributed by atoms with E-state index in [0.717, 1.165) is 31.4 Å². The second-order valence-electron chi connectivity index (χ2n) is 7.10. The first-order valence-corrected chi connectivity index (χ1v) is 11.2. The first kappa shape index (κ1) is 19.6. The minimum Gasteiger partial charge on any atom is -0.396 e. The van der Waals surface area contributed by atoms with Crippen molar-refractivity contribution in [1.29, 1.82) is 0 Å². The number of aliphatic hydroxyl groups is 3. The molecular weight excluding hydrogens is 394 g/mol. The van der Waals surface area contributed by atoms with Crippen molar-refractivity contribution in [2.24, 2.45) is 5.92 Å². The van der Waals surface area contributed by atoms with Gasteiger partial charge in [-0.05, 0) is 43.4 Å². The summed E-state index contributed by atoms with van der Waals surface area (Å²) in [6, 6.07) is 9.66. The molecule has 1 aliphatic carbocycles. The number of thiazole rings is 1. The summed E-state index contributed by atoms with van der Waals surface area (Å²) in [6.07, 6.45) is 0.542. The average molecular weight is 418 g/mol. The van der Waals surface area contributed by atoms with Gasteiger partial charge in [-0.25, -0.2) is 9.97 Å². The number of hydrogen-bond donors (Lipinski definition) is 4. The summed E-state index contributed by atoms with van der Waals surface area (Å²) >= 11 is 3.16. The molecule has 2 aromatic heterocycles. The zero-order valence-corrected chi connectivity index (χ0v) is 17.3. The van der Waals surface area contributed by atoms with Gasteiger partial charge in [-0.15, -0.1) is 23.1 Å². The maximum atomic E-state index is 10.4. The first-order valence-electron chi connectivity index (χ1n) is 9.17. The predicted molar refractivity (Wildman–Crippen MR) is 114 cm³/mol. The van der Waals surface area contributed by atoms with Gasteiger partial charge in [0.05, 0.1) is 33.0 Å². The van der Waals surface area contributed by atoms with E-state index < -0.39 is 12.2 Å². The molecule has 4 N–H and O–H groups in total. The van der Waals surface area contributed by atoms with Crippen molar-refractivity contribution < 1.29 is 15.3 Å². The maximum absolute atomic E-state index is 10.4. The van der Waals surface area contributed by atoms with Crippen LogP contribution in [0.1, 0.15) is 12.0 Å². The van der Waals surface area contributed by atoms with Crippen LogP contribution in [-0.2, 0) is 0 Å². The highest BCUT2D eigenvalue weighted by Crippen LogP contribution is 2.39. The number of rotatable bonds is 5. The van der Waals surface area contributed by atoms with Crippen molar-refractivity contribution in [3.05, 3.63) is 35.9 Å². The van der Waals surface area contributed by atoms with Crippen molar-refractivity contribution in [3.63, 3.8) is 0 Å². The number of aryl methyl sites for hydroxylation is 1. The Balaban J connectivity index is 1.76. The molecule has 0 amide bonds.